The van der Waals surface area contributed by atoms with E-state index in [1.165, 1.54) is 24.3 Å². The fourth-order valence-corrected chi connectivity index (χ4v) is 3.13. The number of aromatic hydroxyl groups is 1. The highest BCUT2D eigenvalue weighted by Crippen LogP contribution is 2.27. The lowest BCUT2D eigenvalue weighted by Crippen LogP contribution is -2.14. The van der Waals surface area contributed by atoms with Crippen molar-refractivity contribution in [1.29, 1.82) is 0 Å². The maximum atomic E-state index is 12.5. The zero-order valence-corrected chi connectivity index (χ0v) is 12.6. The van der Waals surface area contributed by atoms with Crippen molar-refractivity contribution in [1.82, 2.24) is 0 Å². The highest BCUT2D eigenvalue weighted by Gasteiger charge is 2.20. The van der Waals surface area contributed by atoms with Gasteiger partial charge in [0.15, 0.2) is 0 Å². The molecule has 112 valence electrons. The number of aryl methyl sites for hydroxylation is 1. The molecular weight excluding hydrogens is 290 g/mol. The Morgan fingerprint density at radius 1 is 1.14 bits per heavy atom. The lowest BCUT2D eigenvalue weighted by Gasteiger charge is -2.13. The van der Waals surface area contributed by atoms with E-state index < -0.39 is 10.0 Å². The van der Waals surface area contributed by atoms with Gasteiger partial charge in [0.2, 0.25) is 0 Å². The average molecular weight is 307 g/mol. The van der Waals surface area contributed by atoms with E-state index in [4.69, 9.17) is 4.74 Å². The third-order valence-electron chi connectivity index (χ3n) is 2.81. The number of phenolic OH excluding ortho intramolecular Hbond substituents is 1. The first-order chi connectivity index (χ1) is 9.92. The molecule has 0 heterocycles. The van der Waals surface area contributed by atoms with Crippen molar-refractivity contribution in [2.24, 2.45) is 0 Å². The van der Waals surface area contributed by atoms with Gasteiger partial charge in [-0.05, 0) is 55.8 Å². The molecule has 2 aromatic rings. The van der Waals surface area contributed by atoms with Gasteiger partial charge in [0, 0.05) is 5.69 Å². The Labute approximate surface area is 124 Å². The second-order valence-corrected chi connectivity index (χ2v) is 6.19. The van der Waals surface area contributed by atoms with Crippen molar-refractivity contribution < 1.29 is 18.3 Å². The molecule has 2 rings (SSSR count). The van der Waals surface area contributed by atoms with E-state index >= 15 is 0 Å². The molecule has 5 nitrogen and oxygen atoms in total. The molecule has 0 unspecified atom stereocenters. The first-order valence-electron chi connectivity index (χ1n) is 6.47. The summed E-state index contributed by atoms with van der Waals surface area (Å²) in [5.41, 5.74) is 1.20. The second-order valence-electron chi connectivity index (χ2n) is 4.54. The van der Waals surface area contributed by atoms with Crippen LogP contribution in [0, 0.1) is 6.92 Å². The van der Waals surface area contributed by atoms with E-state index in [9.17, 15) is 13.5 Å². The first kappa shape index (κ1) is 15.2. The molecule has 0 spiro atoms. The summed E-state index contributed by atoms with van der Waals surface area (Å²) in [4.78, 5) is 0.0948. The van der Waals surface area contributed by atoms with E-state index in [2.05, 4.69) is 4.72 Å². The average Bonchev–Trinajstić information content (AvgIpc) is 2.43. The molecule has 0 radical (unpaired) electrons. The molecule has 0 saturated heterocycles. The molecule has 0 fully saturated rings. The van der Waals surface area contributed by atoms with E-state index in [1.807, 2.05) is 6.92 Å². The molecule has 0 saturated carbocycles. The maximum Gasteiger partial charge on any atom is 0.265 e. The number of phenols is 1. The molecule has 21 heavy (non-hydrogen) atoms. The van der Waals surface area contributed by atoms with Crippen LogP contribution in [0.15, 0.2) is 47.4 Å². The summed E-state index contributed by atoms with van der Waals surface area (Å²) in [7, 11) is -3.76. The third-order valence-corrected chi connectivity index (χ3v) is 4.21. The fraction of sp³-hybridized carbons (Fsp3) is 0.200. The van der Waals surface area contributed by atoms with Gasteiger partial charge >= 0.3 is 0 Å². The van der Waals surface area contributed by atoms with Crippen LogP contribution in [0.4, 0.5) is 5.69 Å². The number of ether oxygens (including phenoxy) is 1. The number of sulfonamides is 1. The number of hydrogen-bond donors (Lipinski definition) is 2. The summed E-state index contributed by atoms with van der Waals surface area (Å²) >= 11 is 0. The lowest BCUT2D eigenvalue weighted by molar-refractivity contribution is 0.331. The van der Waals surface area contributed by atoms with Crippen LogP contribution in [0.2, 0.25) is 0 Å². The molecule has 0 aromatic heterocycles. The van der Waals surface area contributed by atoms with Gasteiger partial charge < -0.3 is 9.84 Å². The Hall–Kier alpha value is -2.21. The molecule has 2 N–H and O–H groups in total. The van der Waals surface area contributed by atoms with Crippen molar-refractivity contribution in [3.63, 3.8) is 0 Å². The van der Waals surface area contributed by atoms with Gasteiger partial charge in [0.1, 0.15) is 16.4 Å². The van der Waals surface area contributed by atoms with Gasteiger partial charge in [-0.15, -0.1) is 0 Å². The van der Waals surface area contributed by atoms with Crippen LogP contribution < -0.4 is 9.46 Å². The van der Waals surface area contributed by atoms with Crippen molar-refractivity contribution in [3.8, 4) is 11.5 Å². The van der Waals surface area contributed by atoms with Crippen LogP contribution >= 0.6 is 0 Å². The number of nitrogens with one attached hydrogen (secondary N) is 1. The Bertz CT molecular complexity index is 724. The largest absolute Gasteiger partial charge is 0.508 e. The Balaban J connectivity index is 2.39. The second kappa shape index (κ2) is 6.05. The number of anilines is 1. The molecule has 0 atom stereocenters. The monoisotopic (exact) mass is 307 g/mol. The van der Waals surface area contributed by atoms with Gasteiger partial charge in [0.25, 0.3) is 10.0 Å². The lowest BCUT2D eigenvalue weighted by atomic mass is 10.2. The molecule has 0 aliphatic carbocycles. The normalized spacial score (nSPS) is 11.1. The van der Waals surface area contributed by atoms with Crippen LogP contribution in [0.25, 0.3) is 0 Å². The van der Waals surface area contributed by atoms with Crippen LogP contribution in [0.3, 0.4) is 0 Å². The Kier molecular flexibility index (Phi) is 4.37. The Morgan fingerprint density at radius 3 is 2.43 bits per heavy atom. The molecule has 0 amide bonds. The number of benzene rings is 2. The zero-order chi connectivity index (χ0) is 15.5. The molecule has 0 bridgehead atoms. The standard InChI is InChI=1S/C15H17NO4S/c1-3-20-14-9-4-11(2)10-15(14)21(18,19)16-12-5-7-13(17)8-6-12/h4-10,16-17H,3H2,1-2H3. The van der Waals surface area contributed by atoms with Gasteiger partial charge in [-0.1, -0.05) is 6.07 Å². The highest BCUT2D eigenvalue weighted by molar-refractivity contribution is 7.92. The van der Waals surface area contributed by atoms with Crippen LogP contribution in [0.5, 0.6) is 11.5 Å². The van der Waals surface area contributed by atoms with Crippen molar-refractivity contribution in [2.45, 2.75) is 18.7 Å². The predicted molar refractivity (Wildman–Crippen MR) is 81.3 cm³/mol. The van der Waals surface area contributed by atoms with Crippen molar-refractivity contribution in [3.05, 3.63) is 48.0 Å². The maximum absolute atomic E-state index is 12.5. The fourth-order valence-electron chi connectivity index (χ4n) is 1.84. The summed E-state index contributed by atoms with van der Waals surface area (Å²) < 4.78 is 32.8. The topological polar surface area (TPSA) is 75.6 Å². The molecule has 2 aromatic carbocycles. The summed E-state index contributed by atoms with van der Waals surface area (Å²) in [6, 6.07) is 10.8. The first-order valence-corrected chi connectivity index (χ1v) is 7.96. The van der Waals surface area contributed by atoms with E-state index in [-0.39, 0.29) is 10.6 Å². The SMILES string of the molecule is CCOc1ccc(C)cc1S(=O)(=O)Nc1ccc(O)cc1. The van der Waals surface area contributed by atoms with Gasteiger partial charge in [-0.3, -0.25) is 4.72 Å². The minimum absolute atomic E-state index is 0.0727. The van der Waals surface area contributed by atoms with Crippen LogP contribution in [-0.4, -0.2) is 20.1 Å². The van der Waals surface area contributed by atoms with Gasteiger partial charge in [-0.2, -0.15) is 0 Å². The number of hydrogen-bond acceptors (Lipinski definition) is 4. The van der Waals surface area contributed by atoms with Crippen molar-refractivity contribution >= 4 is 15.7 Å². The highest BCUT2D eigenvalue weighted by atomic mass is 32.2. The summed E-state index contributed by atoms with van der Waals surface area (Å²) in [5, 5.41) is 9.23. The van der Waals surface area contributed by atoms with Crippen LogP contribution in [-0.2, 0) is 10.0 Å². The minimum atomic E-state index is -3.76. The molecule has 0 aliphatic rings. The zero-order valence-electron chi connectivity index (χ0n) is 11.8. The Morgan fingerprint density at radius 2 is 1.81 bits per heavy atom. The van der Waals surface area contributed by atoms with Gasteiger partial charge in [0.05, 0.1) is 6.61 Å². The molecule has 0 aliphatic heterocycles. The smallest absolute Gasteiger partial charge is 0.265 e. The molecule has 6 heteroatoms. The molecular formula is C15H17NO4S. The van der Waals surface area contributed by atoms with E-state index in [1.54, 1.807) is 25.1 Å². The summed E-state index contributed by atoms with van der Waals surface area (Å²) in [6.45, 7) is 3.99. The summed E-state index contributed by atoms with van der Waals surface area (Å²) in [6.07, 6.45) is 0. The minimum Gasteiger partial charge on any atom is -0.508 e. The predicted octanol–water partition coefficient (Wildman–Crippen LogP) is 2.90. The van der Waals surface area contributed by atoms with E-state index in [0.29, 0.717) is 18.0 Å². The van der Waals surface area contributed by atoms with Crippen molar-refractivity contribution in [2.75, 3.05) is 11.3 Å². The third kappa shape index (κ3) is 3.66. The van der Waals surface area contributed by atoms with Gasteiger partial charge in [-0.25, -0.2) is 8.42 Å². The summed E-state index contributed by atoms with van der Waals surface area (Å²) in [5.74, 6) is 0.387. The quantitative estimate of drug-likeness (QED) is 0.833. The van der Waals surface area contributed by atoms with E-state index in [0.717, 1.165) is 5.56 Å². The van der Waals surface area contributed by atoms with Crippen LogP contribution in [0.1, 0.15) is 12.5 Å². The number of rotatable bonds is 5.